The molecule has 0 aliphatic heterocycles. The van der Waals surface area contributed by atoms with Gasteiger partial charge in [-0.15, -0.1) is 0 Å². The number of hydrogen-bond acceptors (Lipinski definition) is 1. The van der Waals surface area contributed by atoms with E-state index in [1.165, 1.54) is 5.69 Å². The molecule has 3 heteroatoms. The Morgan fingerprint density at radius 1 is 1.55 bits per heavy atom. The summed E-state index contributed by atoms with van der Waals surface area (Å²) in [6.45, 7) is 4.19. The van der Waals surface area contributed by atoms with Crippen molar-refractivity contribution in [2.75, 3.05) is 0 Å². The van der Waals surface area contributed by atoms with Crippen LogP contribution in [0.4, 0.5) is 0 Å². The summed E-state index contributed by atoms with van der Waals surface area (Å²) in [6.07, 6.45) is 2.26. The first-order chi connectivity index (χ1) is 5.16. The molecule has 0 N–H and O–H groups in total. The summed E-state index contributed by atoms with van der Waals surface area (Å²) in [6, 6.07) is 0. The van der Waals surface area contributed by atoms with E-state index in [0.717, 1.165) is 23.3 Å². The van der Waals surface area contributed by atoms with Gasteiger partial charge in [0.1, 0.15) is 10.4 Å². The number of nitrogens with zero attached hydrogens (tertiary/aromatic N) is 2. The zero-order chi connectivity index (χ0) is 8.43. The maximum Gasteiger partial charge on any atom is 0.127 e. The van der Waals surface area contributed by atoms with Gasteiger partial charge in [0, 0.05) is 7.05 Å². The second-order valence-corrected chi connectivity index (χ2v) is 3.46. The maximum atomic E-state index is 4.31. The molecule has 0 atom stereocenters. The van der Waals surface area contributed by atoms with Gasteiger partial charge in [-0.1, -0.05) is 13.3 Å². The van der Waals surface area contributed by atoms with Gasteiger partial charge < -0.3 is 4.57 Å². The highest BCUT2D eigenvalue weighted by atomic mass is 79.9. The van der Waals surface area contributed by atoms with Gasteiger partial charge in [0.05, 0.1) is 5.69 Å². The summed E-state index contributed by atoms with van der Waals surface area (Å²) in [4.78, 5) is 4.31. The molecule has 62 valence electrons. The van der Waals surface area contributed by atoms with Crippen molar-refractivity contribution in [2.24, 2.45) is 7.05 Å². The van der Waals surface area contributed by atoms with Crippen LogP contribution in [0.5, 0.6) is 0 Å². The smallest absolute Gasteiger partial charge is 0.127 e. The van der Waals surface area contributed by atoms with Crippen LogP contribution in [0.15, 0.2) is 4.60 Å². The Hall–Kier alpha value is -0.310. The van der Waals surface area contributed by atoms with Crippen molar-refractivity contribution in [1.82, 2.24) is 9.55 Å². The number of imidazole rings is 1. The molecule has 0 saturated carbocycles. The van der Waals surface area contributed by atoms with Crippen LogP contribution in [0.3, 0.4) is 0 Å². The van der Waals surface area contributed by atoms with E-state index >= 15 is 0 Å². The van der Waals surface area contributed by atoms with Gasteiger partial charge in [0.2, 0.25) is 0 Å². The molecule has 1 heterocycles. The number of aryl methyl sites for hydroxylation is 1. The van der Waals surface area contributed by atoms with Crippen molar-refractivity contribution in [3.8, 4) is 0 Å². The Morgan fingerprint density at radius 3 is 2.55 bits per heavy atom. The van der Waals surface area contributed by atoms with Gasteiger partial charge in [-0.05, 0) is 29.3 Å². The Kier molecular flexibility index (Phi) is 2.71. The van der Waals surface area contributed by atoms with Crippen LogP contribution in [0.25, 0.3) is 0 Å². The predicted molar refractivity (Wildman–Crippen MR) is 49.6 cm³/mol. The van der Waals surface area contributed by atoms with E-state index in [2.05, 4.69) is 39.5 Å². The molecule has 0 saturated heterocycles. The van der Waals surface area contributed by atoms with E-state index in [9.17, 15) is 0 Å². The van der Waals surface area contributed by atoms with Crippen molar-refractivity contribution < 1.29 is 0 Å². The van der Waals surface area contributed by atoms with E-state index < -0.39 is 0 Å². The standard InChI is InChI=1S/C8H13BrN2/c1-4-5-7-8(9)10-6(2)11(7)3/h4-5H2,1-3H3. The van der Waals surface area contributed by atoms with Crippen LogP contribution in [0, 0.1) is 6.92 Å². The normalized spacial score (nSPS) is 10.5. The molecule has 0 aromatic carbocycles. The fourth-order valence-corrected chi connectivity index (χ4v) is 1.84. The van der Waals surface area contributed by atoms with Crippen LogP contribution in [-0.2, 0) is 13.5 Å². The Morgan fingerprint density at radius 2 is 2.18 bits per heavy atom. The summed E-state index contributed by atoms with van der Waals surface area (Å²) >= 11 is 3.44. The van der Waals surface area contributed by atoms with Gasteiger partial charge in [0.15, 0.2) is 0 Å². The first kappa shape index (κ1) is 8.78. The Labute approximate surface area is 75.8 Å². The maximum absolute atomic E-state index is 4.31. The molecule has 1 aromatic heterocycles. The molecule has 0 fully saturated rings. The summed E-state index contributed by atoms with van der Waals surface area (Å²) in [5, 5.41) is 0. The molecule has 0 bridgehead atoms. The molecule has 0 aliphatic rings. The predicted octanol–water partition coefficient (Wildman–Crippen LogP) is 2.44. The molecular weight excluding hydrogens is 204 g/mol. The minimum atomic E-state index is 0.999. The lowest BCUT2D eigenvalue weighted by Crippen LogP contribution is -1.97. The second-order valence-electron chi connectivity index (χ2n) is 2.71. The average molecular weight is 217 g/mol. The van der Waals surface area contributed by atoms with E-state index in [4.69, 9.17) is 0 Å². The topological polar surface area (TPSA) is 17.8 Å². The fourth-order valence-electron chi connectivity index (χ4n) is 1.12. The molecule has 1 rings (SSSR count). The number of aromatic nitrogens is 2. The summed E-state index contributed by atoms with van der Waals surface area (Å²) in [5.41, 5.74) is 1.30. The highest BCUT2D eigenvalue weighted by Gasteiger charge is 2.07. The highest BCUT2D eigenvalue weighted by molar-refractivity contribution is 9.10. The molecule has 2 nitrogen and oxygen atoms in total. The van der Waals surface area contributed by atoms with Gasteiger partial charge in [-0.2, -0.15) is 0 Å². The highest BCUT2D eigenvalue weighted by Crippen LogP contribution is 2.17. The average Bonchev–Trinajstić information content (AvgIpc) is 2.17. The van der Waals surface area contributed by atoms with E-state index in [0.29, 0.717) is 0 Å². The second kappa shape index (κ2) is 3.39. The molecule has 0 aliphatic carbocycles. The lowest BCUT2D eigenvalue weighted by atomic mass is 10.3. The van der Waals surface area contributed by atoms with Crippen LogP contribution >= 0.6 is 15.9 Å². The molecule has 1 aromatic rings. The summed E-state index contributed by atoms with van der Waals surface area (Å²) in [7, 11) is 2.05. The lowest BCUT2D eigenvalue weighted by Gasteiger charge is -2.00. The molecule has 0 spiro atoms. The largest absolute Gasteiger partial charge is 0.334 e. The van der Waals surface area contributed by atoms with E-state index in [1.807, 2.05) is 6.92 Å². The van der Waals surface area contributed by atoms with Crippen molar-refractivity contribution in [3.63, 3.8) is 0 Å². The van der Waals surface area contributed by atoms with Crippen LogP contribution in [0.2, 0.25) is 0 Å². The molecule has 11 heavy (non-hydrogen) atoms. The van der Waals surface area contributed by atoms with Crippen molar-refractivity contribution in [2.45, 2.75) is 26.7 Å². The Balaban J connectivity index is 3.02. The van der Waals surface area contributed by atoms with E-state index in [1.54, 1.807) is 0 Å². The lowest BCUT2D eigenvalue weighted by molar-refractivity contribution is 0.761. The summed E-state index contributed by atoms with van der Waals surface area (Å²) in [5.74, 6) is 1.07. The number of hydrogen-bond donors (Lipinski definition) is 0. The molecular formula is C8H13BrN2. The quantitative estimate of drug-likeness (QED) is 0.743. The SMILES string of the molecule is CCCc1c(Br)nc(C)n1C. The van der Waals surface area contributed by atoms with Gasteiger partial charge in [-0.3, -0.25) is 0 Å². The molecule has 0 radical (unpaired) electrons. The monoisotopic (exact) mass is 216 g/mol. The minimum absolute atomic E-state index is 0.999. The van der Waals surface area contributed by atoms with Gasteiger partial charge in [-0.25, -0.2) is 4.98 Å². The first-order valence-electron chi connectivity index (χ1n) is 3.84. The minimum Gasteiger partial charge on any atom is -0.334 e. The number of rotatable bonds is 2. The van der Waals surface area contributed by atoms with Crippen molar-refractivity contribution in [1.29, 1.82) is 0 Å². The van der Waals surface area contributed by atoms with Gasteiger partial charge in [0.25, 0.3) is 0 Å². The summed E-state index contributed by atoms with van der Waals surface area (Å²) < 4.78 is 3.13. The van der Waals surface area contributed by atoms with Crippen LogP contribution in [-0.4, -0.2) is 9.55 Å². The zero-order valence-corrected chi connectivity index (χ0v) is 8.77. The number of halogens is 1. The fraction of sp³-hybridized carbons (Fsp3) is 0.625. The first-order valence-corrected chi connectivity index (χ1v) is 4.63. The Bertz CT molecular complexity index is 253. The van der Waals surface area contributed by atoms with E-state index in [-0.39, 0.29) is 0 Å². The molecule has 0 unspecified atom stereocenters. The zero-order valence-electron chi connectivity index (χ0n) is 7.19. The van der Waals surface area contributed by atoms with Crippen molar-refractivity contribution in [3.05, 3.63) is 16.1 Å². The van der Waals surface area contributed by atoms with Crippen LogP contribution < -0.4 is 0 Å². The third kappa shape index (κ3) is 1.64. The third-order valence-corrected chi connectivity index (χ3v) is 2.51. The van der Waals surface area contributed by atoms with Crippen molar-refractivity contribution >= 4 is 15.9 Å². The van der Waals surface area contributed by atoms with Gasteiger partial charge >= 0.3 is 0 Å². The molecule has 0 amide bonds. The third-order valence-electron chi connectivity index (χ3n) is 1.88. The van der Waals surface area contributed by atoms with Crippen LogP contribution in [0.1, 0.15) is 24.9 Å².